The topological polar surface area (TPSA) is 32.7 Å². The summed E-state index contributed by atoms with van der Waals surface area (Å²) in [7, 11) is 0. The lowest BCUT2D eigenvalue weighted by Gasteiger charge is -2.31. The van der Waals surface area contributed by atoms with E-state index in [4.69, 9.17) is 4.99 Å². The highest BCUT2D eigenvalue weighted by Crippen LogP contribution is 2.37. The van der Waals surface area contributed by atoms with Gasteiger partial charge in [0.1, 0.15) is 0 Å². The number of nitrogens with zero attached hydrogens (tertiary/aromatic N) is 2. The molecule has 0 bridgehead atoms. The number of amides is 1. The lowest BCUT2D eigenvalue weighted by atomic mass is 10.0. The van der Waals surface area contributed by atoms with Crippen LogP contribution in [0.15, 0.2) is 59.6 Å². The van der Waals surface area contributed by atoms with Crippen LogP contribution in [0.1, 0.15) is 20.8 Å². The largest absolute Gasteiger partial charge is 0.285 e. The lowest BCUT2D eigenvalue weighted by molar-refractivity contribution is -0.127. The number of hydrogen-bond donors (Lipinski definition) is 0. The Balaban J connectivity index is 2.00. The number of benzene rings is 3. The van der Waals surface area contributed by atoms with Crippen LogP contribution in [-0.2, 0) is 4.79 Å². The molecule has 1 amide bonds. The Morgan fingerprint density at radius 3 is 2.08 bits per heavy atom. The summed E-state index contributed by atoms with van der Waals surface area (Å²) in [6.07, 6.45) is 0. The molecule has 0 saturated carbocycles. The minimum atomic E-state index is -0.278. The first-order chi connectivity index (χ1) is 11.9. The van der Waals surface area contributed by atoms with Crippen molar-refractivity contribution >= 4 is 50.1 Å². The summed E-state index contributed by atoms with van der Waals surface area (Å²) in [6.45, 7) is 6.15. The molecule has 0 radical (unpaired) electrons. The minimum Gasteiger partial charge on any atom is -0.285 e. The third kappa shape index (κ3) is 2.81. The third-order valence-electron chi connectivity index (χ3n) is 4.39. The summed E-state index contributed by atoms with van der Waals surface area (Å²) in [5, 5.41) is 5.35. The van der Waals surface area contributed by atoms with Crippen molar-refractivity contribution in [3.05, 3.63) is 54.6 Å². The predicted molar refractivity (Wildman–Crippen MR) is 108 cm³/mol. The zero-order chi connectivity index (χ0) is 17.6. The van der Waals surface area contributed by atoms with Crippen LogP contribution in [0.3, 0.4) is 0 Å². The van der Waals surface area contributed by atoms with Crippen LogP contribution >= 0.6 is 11.8 Å². The number of hydrogen-bond acceptors (Lipinski definition) is 3. The molecule has 0 aromatic heterocycles. The fourth-order valence-electron chi connectivity index (χ4n) is 3.31. The summed E-state index contributed by atoms with van der Waals surface area (Å²) < 4.78 is 0. The Kier molecular flexibility index (Phi) is 3.80. The molecule has 4 rings (SSSR count). The van der Waals surface area contributed by atoms with Gasteiger partial charge in [0.25, 0.3) is 0 Å². The van der Waals surface area contributed by atoms with Gasteiger partial charge in [-0.3, -0.25) is 9.69 Å². The van der Waals surface area contributed by atoms with Crippen molar-refractivity contribution in [1.82, 2.24) is 4.90 Å². The van der Waals surface area contributed by atoms with E-state index in [0.29, 0.717) is 5.75 Å². The van der Waals surface area contributed by atoms with Gasteiger partial charge in [0.2, 0.25) is 5.91 Å². The number of rotatable bonds is 1. The first kappa shape index (κ1) is 16.2. The van der Waals surface area contributed by atoms with Gasteiger partial charge in [-0.1, -0.05) is 60.3 Å². The number of carbonyl (C=O) groups excluding carboxylic acids is 1. The summed E-state index contributed by atoms with van der Waals surface area (Å²) in [6, 6.07) is 18.8. The molecule has 0 spiro atoms. The van der Waals surface area contributed by atoms with E-state index in [1.54, 1.807) is 0 Å². The quantitative estimate of drug-likeness (QED) is 0.555. The van der Waals surface area contributed by atoms with Crippen LogP contribution in [0.2, 0.25) is 0 Å². The van der Waals surface area contributed by atoms with Crippen LogP contribution in [0.5, 0.6) is 0 Å². The van der Waals surface area contributed by atoms with E-state index in [-0.39, 0.29) is 11.4 Å². The molecule has 1 aliphatic heterocycles. The van der Waals surface area contributed by atoms with Gasteiger partial charge < -0.3 is 0 Å². The Morgan fingerprint density at radius 2 is 1.52 bits per heavy atom. The molecule has 0 aliphatic carbocycles. The summed E-state index contributed by atoms with van der Waals surface area (Å²) in [5.41, 5.74) is 0.667. The van der Waals surface area contributed by atoms with Gasteiger partial charge in [-0.05, 0) is 37.6 Å². The van der Waals surface area contributed by atoms with Crippen molar-refractivity contribution in [3.63, 3.8) is 0 Å². The van der Waals surface area contributed by atoms with Crippen molar-refractivity contribution in [2.45, 2.75) is 26.3 Å². The van der Waals surface area contributed by atoms with E-state index in [0.717, 1.165) is 32.4 Å². The average Bonchev–Trinajstić information content (AvgIpc) is 2.95. The molecule has 4 heteroatoms. The second-order valence-corrected chi connectivity index (χ2v) is 8.19. The summed E-state index contributed by atoms with van der Waals surface area (Å²) in [5.74, 6) is 0.583. The van der Waals surface area contributed by atoms with Gasteiger partial charge in [0, 0.05) is 16.3 Å². The molecule has 1 fully saturated rings. The molecule has 1 heterocycles. The highest BCUT2D eigenvalue weighted by molar-refractivity contribution is 8.15. The zero-order valence-electron chi connectivity index (χ0n) is 14.6. The van der Waals surface area contributed by atoms with E-state index >= 15 is 0 Å². The first-order valence-electron chi connectivity index (χ1n) is 8.40. The van der Waals surface area contributed by atoms with E-state index in [9.17, 15) is 4.79 Å². The van der Waals surface area contributed by atoms with Crippen molar-refractivity contribution in [2.24, 2.45) is 4.99 Å². The monoisotopic (exact) mass is 348 g/mol. The van der Waals surface area contributed by atoms with Crippen LogP contribution in [0, 0.1) is 0 Å². The average molecular weight is 348 g/mol. The first-order valence-corrected chi connectivity index (χ1v) is 9.39. The van der Waals surface area contributed by atoms with Gasteiger partial charge in [0.05, 0.1) is 11.4 Å². The van der Waals surface area contributed by atoms with E-state index < -0.39 is 0 Å². The van der Waals surface area contributed by atoms with Gasteiger partial charge in [-0.25, -0.2) is 4.99 Å². The lowest BCUT2D eigenvalue weighted by Crippen LogP contribution is -2.44. The van der Waals surface area contributed by atoms with Crippen LogP contribution in [0.4, 0.5) is 5.69 Å². The van der Waals surface area contributed by atoms with Crippen LogP contribution < -0.4 is 0 Å². The SMILES string of the molecule is CC(C)(C)N1C(=O)CSC1=Nc1c2ccccc2cc2ccccc12. The van der Waals surface area contributed by atoms with E-state index in [1.807, 2.05) is 49.9 Å². The second kappa shape index (κ2) is 5.88. The molecule has 0 atom stereocenters. The van der Waals surface area contributed by atoms with Crippen molar-refractivity contribution < 1.29 is 4.79 Å². The van der Waals surface area contributed by atoms with Gasteiger partial charge in [0.15, 0.2) is 5.17 Å². The summed E-state index contributed by atoms with van der Waals surface area (Å²) in [4.78, 5) is 19.2. The number of amidine groups is 1. The Bertz CT molecular complexity index is 963. The normalized spacial score (nSPS) is 17.2. The molecule has 25 heavy (non-hydrogen) atoms. The number of fused-ring (bicyclic) bond motifs is 2. The fourth-order valence-corrected chi connectivity index (χ4v) is 4.35. The Morgan fingerprint density at radius 1 is 0.960 bits per heavy atom. The van der Waals surface area contributed by atoms with E-state index in [1.165, 1.54) is 11.8 Å². The van der Waals surface area contributed by atoms with Crippen molar-refractivity contribution in [1.29, 1.82) is 0 Å². The summed E-state index contributed by atoms with van der Waals surface area (Å²) >= 11 is 1.52. The maximum absolute atomic E-state index is 12.4. The zero-order valence-corrected chi connectivity index (χ0v) is 15.4. The maximum atomic E-state index is 12.4. The molecular weight excluding hydrogens is 328 g/mol. The Labute approximate surface area is 151 Å². The molecule has 3 nitrogen and oxygen atoms in total. The highest BCUT2D eigenvalue weighted by Gasteiger charge is 2.36. The molecule has 3 aromatic carbocycles. The molecule has 3 aromatic rings. The second-order valence-electron chi connectivity index (χ2n) is 7.25. The van der Waals surface area contributed by atoms with Crippen LogP contribution in [-0.4, -0.2) is 27.3 Å². The van der Waals surface area contributed by atoms with Crippen molar-refractivity contribution in [3.8, 4) is 0 Å². The molecule has 1 aliphatic rings. The fraction of sp³-hybridized carbons (Fsp3) is 0.238. The number of thioether (sulfide) groups is 1. The molecule has 126 valence electrons. The number of aliphatic imine (C=N–C) groups is 1. The maximum Gasteiger partial charge on any atom is 0.239 e. The third-order valence-corrected chi connectivity index (χ3v) is 5.31. The molecule has 0 unspecified atom stereocenters. The standard InChI is InChI=1S/C21H20N2OS/c1-21(2,3)23-18(24)13-25-20(23)22-19-16-10-6-4-8-14(16)12-15-9-5-7-11-17(15)19/h4-12H,13H2,1-3H3. The molecule has 1 saturated heterocycles. The van der Waals surface area contributed by atoms with Gasteiger partial charge >= 0.3 is 0 Å². The molecular formula is C21H20N2OS. The smallest absolute Gasteiger partial charge is 0.239 e. The van der Waals surface area contributed by atoms with Crippen molar-refractivity contribution in [2.75, 3.05) is 5.75 Å². The van der Waals surface area contributed by atoms with Gasteiger partial charge in [-0.15, -0.1) is 0 Å². The minimum absolute atomic E-state index is 0.126. The Hall–Kier alpha value is -2.33. The number of carbonyl (C=O) groups is 1. The molecule has 0 N–H and O–H groups in total. The van der Waals surface area contributed by atoms with Gasteiger partial charge in [-0.2, -0.15) is 0 Å². The highest BCUT2D eigenvalue weighted by atomic mass is 32.2. The van der Waals surface area contributed by atoms with Crippen LogP contribution in [0.25, 0.3) is 21.5 Å². The predicted octanol–water partition coefficient (Wildman–Crippen LogP) is 5.35. The van der Waals surface area contributed by atoms with E-state index in [2.05, 4.69) is 30.3 Å².